The molecular formula is C17H17BrN2O2S. The standard InChI is InChI=1S/C17H17BrN2O2S/c1-12-3-2-4-15(9-12)20-17(22)11-23-10-16(21)19-14-7-5-13(18)6-8-14/h2-9H,10-11H2,1H3,(H,19,21)(H,20,22). The second-order valence-electron chi connectivity index (χ2n) is 4.97. The lowest BCUT2D eigenvalue weighted by atomic mass is 10.2. The molecule has 0 radical (unpaired) electrons. The number of thioether (sulfide) groups is 1. The molecule has 2 aromatic carbocycles. The van der Waals surface area contributed by atoms with Gasteiger partial charge in [0.05, 0.1) is 11.5 Å². The van der Waals surface area contributed by atoms with E-state index < -0.39 is 0 Å². The normalized spacial score (nSPS) is 10.2. The maximum atomic E-state index is 11.8. The highest BCUT2D eigenvalue weighted by Gasteiger charge is 2.06. The van der Waals surface area contributed by atoms with Gasteiger partial charge in [-0.2, -0.15) is 0 Å². The first-order chi connectivity index (χ1) is 11.0. The Morgan fingerprint density at radius 1 is 0.957 bits per heavy atom. The zero-order valence-corrected chi connectivity index (χ0v) is 15.0. The number of anilines is 2. The Kier molecular flexibility index (Phi) is 6.67. The molecule has 2 rings (SSSR count). The van der Waals surface area contributed by atoms with Crippen LogP contribution in [0, 0.1) is 6.92 Å². The van der Waals surface area contributed by atoms with Crippen molar-refractivity contribution in [2.75, 3.05) is 22.1 Å². The van der Waals surface area contributed by atoms with Crippen molar-refractivity contribution >= 4 is 50.9 Å². The molecule has 2 aromatic rings. The Labute approximate surface area is 148 Å². The number of hydrogen-bond acceptors (Lipinski definition) is 3. The van der Waals surface area contributed by atoms with Crippen molar-refractivity contribution in [1.82, 2.24) is 0 Å². The molecule has 2 amide bonds. The monoisotopic (exact) mass is 392 g/mol. The van der Waals surface area contributed by atoms with E-state index in [4.69, 9.17) is 0 Å². The molecule has 6 heteroatoms. The zero-order valence-electron chi connectivity index (χ0n) is 12.6. The SMILES string of the molecule is Cc1cccc(NC(=O)CSCC(=O)Nc2ccc(Br)cc2)c1. The van der Waals surface area contributed by atoms with Crippen molar-refractivity contribution in [3.63, 3.8) is 0 Å². The molecule has 0 aliphatic carbocycles. The van der Waals surface area contributed by atoms with Gasteiger partial charge in [0.15, 0.2) is 0 Å². The fourth-order valence-electron chi connectivity index (χ4n) is 1.89. The van der Waals surface area contributed by atoms with Gasteiger partial charge < -0.3 is 10.6 Å². The first-order valence-corrected chi connectivity index (χ1v) is 8.97. The fourth-order valence-corrected chi connectivity index (χ4v) is 2.77. The first kappa shape index (κ1) is 17.6. The summed E-state index contributed by atoms with van der Waals surface area (Å²) in [5.74, 6) is 0.233. The van der Waals surface area contributed by atoms with E-state index >= 15 is 0 Å². The molecule has 0 aromatic heterocycles. The van der Waals surface area contributed by atoms with Crippen molar-refractivity contribution in [1.29, 1.82) is 0 Å². The maximum absolute atomic E-state index is 11.8. The summed E-state index contributed by atoms with van der Waals surface area (Å²) in [6.45, 7) is 1.97. The molecule has 0 heterocycles. The summed E-state index contributed by atoms with van der Waals surface area (Å²) in [7, 11) is 0. The van der Waals surface area contributed by atoms with Crippen LogP contribution in [0.4, 0.5) is 11.4 Å². The number of rotatable bonds is 6. The van der Waals surface area contributed by atoms with E-state index in [0.717, 1.165) is 21.4 Å². The average Bonchev–Trinajstić information content (AvgIpc) is 2.49. The number of benzene rings is 2. The van der Waals surface area contributed by atoms with E-state index in [1.54, 1.807) is 0 Å². The third-order valence-electron chi connectivity index (χ3n) is 2.90. The molecule has 0 aliphatic heterocycles. The predicted octanol–water partition coefficient (Wildman–Crippen LogP) is 4.07. The molecule has 0 saturated heterocycles. The minimum Gasteiger partial charge on any atom is -0.325 e. The average molecular weight is 393 g/mol. The third-order valence-corrected chi connectivity index (χ3v) is 4.36. The molecule has 0 spiro atoms. The number of aryl methyl sites for hydroxylation is 1. The van der Waals surface area contributed by atoms with Gasteiger partial charge in [-0.3, -0.25) is 9.59 Å². The van der Waals surface area contributed by atoms with Gasteiger partial charge in [-0.15, -0.1) is 11.8 Å². The molecule has 23 heavy (non-hydrogen) atoms. The van der Waals surface area contributed by atoms with Crippen molar-refractivity contribution in [3.05, 3.63) is 58.6 Å². The van der Waals surface area contributed by atoms with E-state index in [0.29, 0.717) is 0 Å². The van der Waals surface area contributed by atoms with E-state index in [9.17, 15) is 9.59 Å². The Morgan fingerprint density at radius 3 is 2.17 bits per heavy atom. The largest absolute Gasteiger partial charge is 0.325 e. The van der Waals surface area contributed by atoms with Crippen LogP contribution in [0.1, 0.15) is 5.56 Å². The van der Waals surface area contributed by atoms with Gasteiger partial charge in [-0.25, -0.2) is 0 Å². The van der Waals surface area contributed by atoms with Gasteiger partial charge >= 0.3 is 0 Å². The predicted molar refractivity (Wildman–Crippen MR) is 99.9 cm³/mol. The van der Waals surface area contributed by atoms with E-state index in [-0.39, 0.29) is 23.3 Å². The zero-order chi connectivity index (χ0) is 16.7. The van der Waals surface area contributed by atoms with Gasteiger partial charge in [0.2, 0.25) is 11.8 Å². The van der Waals surface area contributed by atoms with Crippen molar-refractivity contribution in [2.45, 2.75) is 6.92 Å². The van der Waals surface area contributed by atoms with Gasteiger partial charge in [0.1, 0.15) is 0 Å². The highest BCUT2D eigenvalue weighted by molar-refractivity contribution is 9.10. The summed E-state index contributed by atoms with van der Waals surface area (Å²) in [5, 5.41) is 5.60. The van der Waals surface area contributed by atoms with Crippen LogP contribution in [0.25, 0.3) is 0 Å². The molecular weight excluding hydrogens is 376 g/mol. The summed E-state index contributed by atoms with van der Waals surface area (Å²) in [6.07, 6.45) is 0. The summed E-state index contributed by atoms with van der Waals surface area (Å²) in [4.78, 5) is 23.6. The summed E-state index contributed by atoms with van der Waals surface area (Å²) < 4.78 is 0.956. The molecule has 0 atom stereocenters. The topological polar surface area (TPSA) is 58.2 Å². The van der Waals surface area contributed by atoms with Crippen LogP contribution < -0.4 is 10.6 Å². The Balaban J connectivity index is 1.70. The highest BCUT2D eigenvalue weighted by Crippen LogP contribution is 2.15. The summed E-state index contributed by atoms with van der Waals surface area (Å²) in [5.41, 5.74) is 2.60. The third kappa shape index (κ3) is 6.46. The van der Waals surface area contributed by atoms with E-state index in [2.05, 4.69) is 26.6 Å². The van der Waals surface area contributed by atoms with Crippen LogP contribution in [0.2, 0.25) is 0 Å². The lowest BCUT2D eigenvalue weighted by Crippen LogP contribution is -2.18. The number of carbonyl (C=O) groups excluding carboxylic acids is 2. The van der Waals surface area contributed by atoms with Crippen LogP contribution in [-0.2, 0) is 9.59 Å². The van der Waals surface area contributed by atoms with E-state index in [1.165, 1.54) is 11.8 Å². The van der Waals surface area contributed by atoms with Crippen LogP contribution in [0.15, 0.2) is 53.0 Å². The Bertz CT molecular complexity index is 689. The second kappa shape index (κ2) is 8.74. The molecule has 0 bridgehead atoms. The number of carbonyl (C=O) groups is 2. The molecule has 2 N–H and O–H groups in total. The molecule has 0 fully saturated rings. The van der Waals surface area contributed by atoms with E-state index in [1.807, 2.05) is 55.5 Å². The Hall–Kier alpha value is -1.79. The highest BCUT2D eigenvalue weighted by atomic mass is 79.9. The lowest BCUT2D eigenvalue weighted by molar-refractivity contribution is -0.114. The summed E-state index contributed by atoms with van der Waals surface area (Å²) in [6, 6.07) is 15.0. The molecule has 4 nitrogen and oxygen atoms in total. The fraction of sp³-hybridized carbons (Fsp3) is 0.176. The van der Waals surface area contributed by atoms with Gasteiger partial charge in [0.25, 0.3) is 0 Å². The van der Waals surface area contributed by atoms with Crippen molar-refractivity contribution in [2.24, 2.45) is 0 Å². The molecule has 0 saturated carbocycles. The van der Waals surface area contributed by atoms with Crippen LogP contribution in [0.3, 0.4) is 0 Å². The van der Waals surface area contributed by atoms with Crippen molar-refractivity contribution in [3.8, 4) is 0 Å². The first-order valence-electron chi connectivity index (χ1n) is 7.02. The van der Waals surface area contributed by atoms with Crippen molar-refractivity contribution < 1.29 is 9.59 Å². The lowest BCUT2D eigenvalue weighted by Gasteiger charge is -2.07. The summed E-state index contributed by atoms with van der Waals surface area (Å²) >= 11 is 4.62. The second-order valence-corrected chi connectivity index (χ2v) is 6.87. The smallest absolute Gasteiger partial charge is 0.234 e. The molecule has 120 valence electrons. The number of amides is 2. The van der Waals surface area contributed by atoms with Gasteiger partial charge in [-0.1, -0.05) is 28.1 Å². The minimum atomic E-state index is -0.124. The van der Waals surface area contributed by atoms with Gasteiger partial charge in [0, 0.05) is 15.8 Å². The molecule has 0 unspecified atom stereocenters. The van der Waals surface area contributed by atoms with Crippen LogP contribution >= 0.6 is 27.7 Å². The van der Waals surface area contributed by atoms with Crippen LogP contribution in [-0.4, -0.2) is 23.3 Å². The quantitative estimate of drug-likeness (QED) is 0.778. The number of hydrogen-bond donors (Lipinski definition) is 2. The maximum Gasteiger partial charge on any atom is 0.234 e. The number of halogens is 1. The molecule has 0 aliphatic rings. The minimum absolute atomic E-state index is 0.114. The Morgan fingerprint density at radius 2 is 1.57 bits per heavy atom. The number of nitrogens with one attached hydrogen (secondary N) is 2. The van der Waals surface area contributed by atoms with Crippen LogP contribution in [0.5, 0.6) is 0 Å². The van der Waals surface area contributed by atoms with Gasteiger partial charge in [-0.05, 0) is 48.9 Å².